The van der Waals surface area contributed by atoms with Gasteiger partial charge < -0.3 is 14.7 Å². The predicted molar refractivity (Wildman–Crippen MR) is 103 cm³/mol. The third-order valence-corrected chi connectivity index (χ3v) is 5.11. The van der Waals surface area contributed by atoms with Crippen LogP contribution in [0.25, 0.3) is 11.1 Å². The molecular weight excluding hydrogens is 326 g/mol. The number of aliphatic carboxylic acids is 1. The summed E-state index contributed by atoms with van der Waals surface area (Å²) in [5.74, 6) is -0.944. The zero-order valence-corrected chi connectivity index (χ0v) is 15.4. The summed E-state index contributed by atoms with van der Waals surface area (Å²) < 4.78 is 5.12. The third-order valence-electron chi connectivity index (χ3n) is 5.11. The number of nitrogens with zero attached hydrogens (tertiary/aromatic N) is 1. The second-order valence-electron chi connectivity index (χ2n) is 7.06. The number of ether oxygens (including phenoxy) is 1. The lowest BCUT2D eigenvalue weighted by atomic mass is 10.0. The molecule has 0 spiro atoms. The number of hydrogen-bond donors (Lipinski definition) is 1. The molecule has 26 heavy (non-hydrogen) atoms. The van der Waals surface area contributed by atoms with Gasteiger partial charge in [-0.2, -0.15) is 0 Å². The average Bonchev–Trinajstić information content (AvgIpc) is 3.06. The first-order valence-electron chi connectivity index (χ1n) is 9.33. The number of hydrogen-bond acceptors (Lipinski definition) is 3. The fourth-order valence-electron chi connectivity index (χ4n) is 3.51. The van der Waals surface area contributed by atoms with E-state index in [1.54, 1.807) is 0 Å². The van der Waals surface area contributed by atoms with Gasteiger partial charge in [0.25, 0.3) is 0 Å². The molecule has 1 aliphatic heterocycles. The van der Waals surface area contributed by atoms with Crippen molar-refractivity contribution in [2.24, 2.45) is 0 Å². The van der Waals surface area contributed by atoms with E-state index in [-0.39, 0.29) is 6.61 Å². The van der Waals surface area contributed by atoms with Crippen LogP contribution in [0, 0.1) is 0 Å². The molecule has 4 nitrogen and oxygen atoms in total. The molecule has 1 aliphatic rings. The summed E-state index contributed by atoms with van der Waals surface area (Å²) in [6.45, 7) is 4.76. The van der Waals surface area contributed by atoms with Gasteiger partial charge in [0.1, 0.15) is 6.61 Å². The molecule has 1 fully saturated rings. The first-order chi connectivity index (χ1) is 12.6. The monoisotopic (exact) mass is 353 g/mol. The van der Waals surface area contributed by atoms with Crippen molar-refractivity contribution in [1.29, 1.82) is 0 Å². The van der Waals surface area contributed by atoms with Crippen LogP contribution in [0.15, 0.2) is 48.5 Å². The lowest BCUT2D eigenvalue weighted by Gasteiger charge is -2.20. The molecule has 1 saturated heterocycles. The molecule has 2 aromatic rings. The summed E-state index contributed by atoms with van der Waals surface area (Å²) in [5.41, 5.74) is 4.71. The Kier molecular flexibility index (Phi) is 6.42. The van der Waals surface area contributed by atoms with Crippen LogP contribution in [0.5, 0.6) is 0 Å². The topological polar surface area (TPSA) is 49.8 Å². The van der Waals surface area contributed by atoms with E-state index >= 15 is 0 Å². The number of carboxylic acids is 1. The highest BCUT2D eigenvalue weighted by Gasteiger charge is 2.19. The summed E-state index contributed by atoms with van der Waals surface area (Å²) in [6.07, 6.45) is 3.76. The van der Waals surface area contributed by atoms with E-state index in [2.05, 4.69) is 48.2 Å². The molecule has 0 saturated carbocycles. The fraction of sp³-hybridized carbons (Fsp3) is 0.409. The van der Waals surface area contributed by atoms with E-state index in [9.17, 15) is 4.79 Å². The van der Waals surface area contributed by atoms with Crippen LogP contribution in [0.1, 0.15) is 30.9 Å². The van der Waals surface area contributed by atoms with Crippen molar-refractivity contribution in [3.8, 4) is 11.1 Å². The Morgan fingerprint density at radius 2 is 1.69 bits per heavy atom. The van der Waals surface area contributed by atoms with Crippen LogP contribution in [0.2, 0.25) is 0 Å². The Labute approximate surface area is 155 Å². The van der Waals surface area contributed by atoms with Gasteiger partial charge in [-0.15, -0.1) is 0 Å². The first-order valence-corrected chi connectivity index (χ1v) is 9.33. The normalized spacial score (nSPS) is 17.5. The van der Waals surface area contributed by atoms with Gasteiger partial charge >= 0.3 is 5.97 Å². The largest absolute Gasteiger partial charge is 0.480 e. The summed E-state index contributed by atoms with van der Waals surface area (Å²) in [7, 11) is 0. The highest BCUT2D eigenvalue weighted by molar-refractivity contribution is 5.68. The van der Waals surface area contributed by atoms with Gasteiger partial charge in [-0.25, -0.2) is 4.79 Å². The van der Waals surface area contributed by atoms with Crippen LogP contribution in [0.3, 0.4) is 0 Å². The van der Waals surface area contributed by atoms with Crippen molar-refractivity contribution < 1.29 is 14.6 Å². The van der Waals surface area contributed by atoms with Crippen LogP contribution in [0.4, 0.5) is 0 Å². The zero-order valence-electron chi connectivity index (χ0n) is 15.4. The second-order valence-corrected chi connectivity index (χ2v) is 7.06. The average molecular weight is 353 g/mol. The smallest absolute Gasteiger partial charge is 0.329 e. The maximum absolute atomic E-state index is 10.5. The Bertz CT molecular complexity index is 709. The van der Waals surface area contributed by atoms with E-state index in [0.29, 0.717) is 6.61 Å². The lowest BCUT2D eigenvalue weighted by Crippen LogP contribution is -2.28. The quantitative estimate of drug-likeness (QED) is 0.780. The summed E-state index contributed by atoms with van der Waals surface area (Å²) in [6, 6.07) is 17.6. The number of benzene rings is 2. The molecule has 0 bridgehead atoms. The van der Waals surface area contributed by atoms with Crippen molar-refractivity contribution in [3.63, 3.8) is 0 Å². The van der Waals surface area contributed by atoms with Crippen molar-refractivity contribution in [2.75, 3.05) is 19.7 Å². The molecule has 3 rings (SSSR count). The molecule has 138 valence electrons. The van der Waals surface area contributed by atoms with Crippen LogP contribution < -0.4 is 0 Å². The van der Waals surface area contributed by atoms with E-state index < -0.39 is 5.97 Å². The molecule has 1 unspecified atom stereocenters. The van der Waals surface area contributed by atoms with E-state index in [1.807, 2.05) is 12.1 Å². The molecule has 1 N–H and O–H groups in total. The maximum Gasteiger partial charge on any atom is 0.329 e. The number of carbonyl (C=O) groups is 1. The molecule has 4 heteroatoms. The van der Waals surface area contributed by atoms with Gasteiger partial charge in [0.05, 0.1) is 6.61 Å². The molecule has 1 atom stereocenters. The number of carboxylic acid groups (broad SMARTS) is 1. The summed E-state index contributed by atoms with van der Waals surface area (Å²) in [4.78, 5) is 13.0. The van der Waals surface area contributed by atoms with Gasteiger partial charge in [-0.05, 0) is 55.0 Å². The van der Waals surface area contributed by atoms with Gasteiger partial charge in [-0.1, -0.05) is 48.5 Å². The summed E-state index contributed by atoms with van der Waals surface area (Å²) >= 11 is 0. The van der Waals surface area contributed by atoms with Crippen LogP contribution in [-0.2, 0) is 22.6 Å². The van der Waals surface area contributed by atoms with Crippen LogP contribution in [-0.4, -0.2) is 41.7 Å². The van der Waals surface area contributed by atoms with Gasteiger partial charge in [0.15, 0.2) is 0 Å². The molecule has 2 aromatic carbocycles. The predicted octanol–water partition coefficient (Wildman–Crippen LogP) is 3.98. The third kappa shape index (κ3) is 5.16. The van der Waals surface area contributed by atoms with Gasteiger partial charge in [0, 0.05) is 12.6 Å². The fourth-order valence-corrected chi connectivity index (χ4v) is 3.51. The minimum atomic E-state index is -0.944. The van der Waals surface area contributed by atoms with E-state index in [0.717, 1.165) is 30.1 Å². The van der Waals surface area contributed by atoms with Crippen molar-refractivity contribution in [1.82, 2.24) is 4.90 Å². The first kappa shape index (κ1) is 18.6. The summed E-state index contributed by atoms with van der Waals surface area (Å²) in [5, 5.41) is 8.59. The SMILES string of the molecule is CC1CCCN1CCc1ccc(-c2ccc(COCC(=O)O)cc2)cc1. The number of likely N-dealkylation sites (tertiary alicyclic amines) is 1. The van der Waals surface area contributed by atoms with Gasteiger partial charge in [0.2, 0.25) is 0 Å². The maximum atomic E-state index is 10.5. The minimum absolute atomic E-state index is 0.264. The molecule has 0 amide bonds. The van der Waals surface area contributed by atoms with Gasteiger partial charge in [-0.3, -0.25) is 0 Å². The molecule has 0 radical (unpaired) electrons. The Hall–Kier alpha value is -2.17. The number of rotatable bonds is 8. The zero-order chi connectivity index (χ0) is 18.4. The molecule has 1 heterocycles. The highest BCUT2D eigenvalue weighted by atomic mass is 16.5. The van der Waals surface area contributed by atoms with Crippen molar-refractivity contribution in [2.45, 2.75) is 38.8 Å². The Balaban J connectivity index is 1.53. The van der Waals surface area contributed by atoms with Crippen molar-refractivity contribution in [3.05, 3.63) is 59.7 Å². The highest BCUT2D eigenvalue weighted by Crippen LogP contribution is 2.22. The van der Waals surface area contributed by atoms with E-state index in [4.69, 9.17) is 9.84 Å². The van der Waals surface area contributed by atoms with Crippen LogP contribution >= 0.6 is 0 Å². The minimum Gasteiger partial charge on any atom is -0.480 e. The molecule has 0 aromatic heterocycles. The Morgan fingerprint density at radius 1 is 1.08 bits per heavy atom. The molecular formula is C22H27NO3. The standard InChI is InChI=1S/C22H27NO3/c1-17-3-2-13-23(17)14-12-18-4-8-20(9-5-18)21-10-6-19(7-11-21)15-26-16-22(24)25/h4-11,17H,2-3,12-16H2,1H3,(H,24,25). The second kappa shape index (κ2) is 8.97. The lowest BCUT2D eigenvalue weighted by molar-refractivity contribution is -0.142. The van der Waals surface area contributed by atoms with Crippen molar-refractivity contribution >= 4 is 5.97 Å². The van der Waals surface area contributed by atoms with E-state index in [1.165, 1.54) is 30.5 Å². The molecule has 0 aliphatic carbocycles. The Morgan fingerprint density at radius 3 is 2.23 bits per heavy atom.